The van der Waals surface area contributed by atoms with Crippen molar-refractivity contribution in [3.63, 3.8) is 0 Å². The van der Waals surface area contributed by atoms with Crippen molar-refractivity contribution in [2.24, 2.45) is 0 Å². The van der Waals surface area contributed by atoms with Crippen LogP contribution in [0.15, 0.2) is 24.3 Å². The molecule has 1 rings (SSSR count). The van der Waals surface area contributed by atoms with Crippen molar-refractivity contribution in [3.05, 3.63) is 29.3 Å². The lowest BCUT2D eigenvalue weighted by molar-refractivity contribution is -0.139. The van der Waals surface area contributed by atoms with Gasteiger partial charge in [0.2, 0.25) is 0 Å². The standard InChI is InChI=1S/C9H9Cl2INO4P/c1-16-9(14)8(12)13-18(11,15)17-7-4-2-6(10)3-5-7/h2-5,8H,1H3,(H,13,15)/t8-,18?/m1/s1. The van der Waals surface area contributed by atoms with Crippen LogP contribution in [0.5, 0.6) is 5.75 Å². The Kier molecular flexibility index (Phi) is 6.20. The Morgan fingerprint density at radius 2 is 2.00 bits per heavy atom. The van der Waals surface area contributed by atoms with Crippen molar-refractivity contribution in [3.8, 4) is 5.75 Å². The number of carbonyl (C=O) groups is 1. The Balaban J connectivity index is 2.67. The molecule has 1 N–H and O–H groups in total. The highest BCUT2D eigenvalue weighted by atomic mass is 127. The van der Waals surface area contributed by atoms with Crippen LogP contribution in [0.4, 0.5) is 0 Å². The van der Waals surface area contributed by atoms with Crippen LogP contribution < -0.4 is 9.61 Å². The molecule has 0 saturated carbocycles. The molecule has 0 fully saturated rings. The van der Waals surface area contributed by atoms with Gasteiger partial charge in [0.25, 0.3) is 0 Å². The van der Waals surface area contributed by atoms with E-state index in [2.05, 4.69) is 9.82 Å². The Bertz CT molecular complexity index is 470. The largest absolute Gasteiger partial charge is 0.467 e. The first-order valence-corrected chi connectivity index (χ1v) is 8.74. The summed E-state index contributed by atoms with van der Waals surface area (Å²) in [6.07, 6.45) is 0. The molecule has 1 unspecified atom stereocenters. The van der Waals surface area contributed by atoms with Gasteiger partial charge in [0.05, 0.1) is 7.11 Å². The fourth-order valence-electron chi connectivity index (χ4n) is 0.949. The molecule has 0 aliphatic carbocycles. The number of esters is 1. The molecule has 0 aliphatic rings. The van der Waals surface area contributed by atoms with Crippen LogP contribution >= 0.6 is 52.3 Å². The van der Waals surface area contributed by atoms with Gasteiger partial charge < -0.3 is 9.26 Å². The van der Waals surface area contributed by atoms with Crippen LogP contribution in [0, 0.1) is 0 Å². The number of hydrogen-bond acceptors (Lipinski definition) is 4. The smallest absolute Gasteiger partial charge is 0.410 e. The molecular formula is C9H9Cl2INO4P. The van der Waals surface area contributed by atoms with Crippen LogP contribution in [0.1, 0.15) is 0 Å². The Morgan fingerprint density at radius 1 is 1.44 bits per heavy atom. The van der Waals surface area contributed by atoms with E-state index in [0.29, 0.717) is 5.02 Å². The molecule has 1 aromatic rings. The van der Waals surface area contributed by atoms with Gasteiger partial charge in [0.15, 0.2) is 4.05 Å². The monoisotopic (exact) mass is 423 g/mol. The summed E-state index contributed by atoms with van der Waals surface area (Å²) in [4.78, 5) is 11.1. The zero-order valence-electron chi connectivity index (χ0n) is 9.10. The van der Waals surface area contributed by atoms with Gasteiger partial charge in [-0.15, -0.1) is 0 Å². The Hall–Kier alpha value is -0.0100. The predicted octanol–water partition coefficient (Wildman–Crippen LogP) is 3.59. The van der Waals surface area contributed by atoms with E-state index < -0.39 is 16.9 Å². The zero-order valence-corrected chi connectivity index (χ0v) is 13.7. The maximum atomic E-state index is 11.9. The van der Waals surface area contributed by atoms with Crippen molar-refractivity contribution in [1.29, 1.82) is 0 Å². The third kappa shape index (κ3) is 5.32. The third-order valence-electron chi connectivity index (χ3n) is 1.71. The second-order valence-electron chi connectivity index (χ2n) is 3.04. The van der Waals surface area contributed by atoms with Gasteiger partial charge in [-0.2, -0.15) is 0 Å². The van der Waals surface area contributed by atoms with Crippen molar-refractivity contribution >= 4 is 58.3 Å². The Labute approximate surface area is 128 Å². The number of rotatable bonds is 5. The highest BCUT2D eigenvalue weighted by Gasteiger charge is 2.28. The second kappa shape index (κ2) is 6.96. The molecule has 0 radical (unpaired) electrons. The van der Waals surface area contributed by atoms with E-state index in [0.717, 1.165) is 0 Å². The fourth-order valence-corrected chi connectivity index (χ4v) is 4.28. The molecule has 0 spiro atoms. The first-order valence-electron chi connectivity index (χ1n) is 4.58. The normalized spacial score (nSPS) is 15.6. The van der Waals surface area contributed by atoms with Gasteiger partial charge in [-0.3, -0.25) is 0 Å². The molecule has 9 heteroatoms. The van der Waals surface area contributed by atoms with Crippen LogP contribution in [-0.4, -0.2) is 17.1 Å². The van der Waals surface area contributed by atoms with Gasteiger partial charge in [-0.25, -0.2) is 14.4 Å². The quantitative estimate of drug-likeness (QED) is 0.258. The van der Waals surface area contributed by atoms with Gasteiger partial charge >= 0.3 is 12.8 Å². The molecule has 0 amide bonds. The topological polar surface area (TPSA) is 64.6 Å². The minimum Gasteiger partial charge on any atom is -0.467 e. The molecule has 5 nitrogen and oxygen atoms in total. The average molecular weight is 424 g/mol. The lowest BCUT2D eigenvalue weighted by atomic mass is 10.3. The first-order chi connectivity index (χ1) is 8.34. The van der Waals surface area contributed by atoms with E-state index in [4.69, 9.17) is 27.4 Å². The van der Waals surface area contributed by atoms with Gasteiger partial charge in [0.1, 0.15) is 5.75 Å². The van der Waals surface area contributed by atoms with E-state index in [1.807, 2.05) is 0 Å². The van der Waals surface area contributed by atoms with Crippen LogP contribution in [0.2, 0.25) is 5.02 Å². The van der Waals surface area contributed by atoms with Crippen molar-refractivity contribution in [2.45, 2.75) is 4.05 Å². The number of nitrogens with one attached hydrogen (secondary N) is 1. The van der Waals surface area contributed by atoms with E-state index in [1.165, 1.54) is 19.2 Å². The summed E-state index contributed by atoms with van der Waals surface area (Å²) in [7, 11) is 1.22. The summed E-state index contributed by atoms with van der Waals surface area (Å²) in [5.41, 5.74) is 0. The fraction of sp³-hybridized carbons (Fsp3) is 0.222. The summed E-state index contributed by atoms with van der Waals surface area (Å²) < 4.78 is 20.5. The number of methoxy groups -OCH3 is 1. The number of alkyl halides is 1. The van der Waals surface area contributed by atoms with Gasteiger partial charge in [-0.05, 0) is 24.3 Å². The lowest BCUT2D eigenvalue weighted by Gasteiger charge is -2.16. The number of halogens is 3. The number of hydrogen-bond donors (Lipinski definition) is 1. The van der Waals surface area contributed by atoms with Crippen molar-refractivity contribution < 1.29 is 18.6 Å². The highest BCUT2D eigenvalue weighted by molar-refractivity contribution is 14.1. The number of carbonyl (C=O) groups excluding carboxylic acids is 1. The molecule has 1 aromatic carbocycles. The highest BCUT2D eigenvalue weighted by Crippen LogP contribution is 2.49. The summed E-state index contributed by atoms with van der Waals surface area (Å²) in [5.74, 6) is -0.324. The Morgan fingerprint density at radius 3 is 2.50 bits per heavy atom. The van der Waals surface area contributed by atoms with Gasteiger partial charge in [-0.1, -0.05) is 34.2 Å². The molecule has 0 aliphatic heterocycles. The minimum atomic E-state index is -3.68. The van der Waals surface area contributed by atoms with Crippen molar-refractivity contribution in [2.75, 3.05) is 7.11 Å². The summed E-state index contributed by atoms with van der Waals surface area (Å²) in [6.45, 7) is -3.68. The second-order valence-corrected chi connectivity index (χ2v) is 7.46. The maximum Gasteiger partial charge on any atom is 0.410 e. The SMILES string of the molecule is COC(=O)[C@H](I)NP(=O)(Cl)Oc1ccc(Cl)cc1. The predicted molar refractivity (Wildman–Crippen MR) is 78.5 cm³/mol. The van der Waals surface area contributed by atoms with E-state index >= 15 is 0 Å². The summed E-state index contributed by atoms with van der Waals surface area (Å²) in [5, 5.41) is 2.86. The molecule has 2 atom stereocenters. The van der Waals surface area contributed by atoms with Gasteiger partial charge in [0, 0.05) is 16.3 Å². The summed E-state index contributed by atoms with van der Waals surface area (Å²) >= 11 is 13.1. The molecule has 0 bridgehead atoms. The van der Waals surface area contributed by atoms with E-state index in [1.54, 1.807) is 34.7 Å². The molecule has 0 aromatic heterocycles. The summed E-state index contributed by atoms with van der Waals surface area (Å²) in [6, 6.07) is 6.16. The number of ether oxygens (including phenoxy) is 1. The maximum absolute atomic E-state index is 11.9. The van der Waals surface area contributed by atoms with Crippen LogP contribution in [0.3, 0.4) is 0 Å². The molecule has 0 heterocycles. The first kappa shape index (κ1) is 16.0. The average Bonchev–Trinajstić information content (AvgIpc) is 2.30. The van der Waals surface area contributed by atoms with Crippen LogP contribution in [0.25, 0.3) is 0 Å². The lowest BCUT2D eigenvalue weighted by Crippen LogP contribution is -2.29. The van der Waals surface area contributed by atoms with E-state index in [-0.39, 0.29) is 5.75 Å². The van der Waals surface area contributed by atoms with Crippen LogP contribution in [-0.2, 0) is 14.1 Å². The molecule has 18 heavy (non-hydrogen) atoms. The number of benzene rings is 1. The molecular weight excluding hydrogens is 415 g/mol. The third-order valence-corrected chi connectivity index (χ3v) is 4.79. The molecule has 100 valence electrons. The minimum absolute atomic E-state index is 0.277. The van der Waals surface area contributed by atoms with E-state index in [9.17, 15) is 9.36 Å². The molecule has 0 saturated heterocycles. The van der Waals surface area contributed by atoms with Crippen molar-refractivity contribution in [1.82, 2.24) is 5.09 Å². The zero-order chi connectivity index (χ0) is 13.8.